The molecule has 0 unspecified atom stereocenters. The van der Waals surface area contributed by atoms with Gasteiger partial charge in [0.15, 0.2) is 5.78 Å². The molecule has 0 spiro atoms. The molecule has 1 aromatic rings. The number of alkyl halides is 1. The Labute approximate surface area is 104 Å². The molecule has 5 heteroatoms. The molecule has 0 bridgehead atoms. The SMILES string of the molecule is CCOc1ccc(C(=O)O)cc1C(=O)CCCl. The van der Waals surface area contributed by atoms with E-state index in [-0.39, 0.29) is 29.2 Å². The first-order valence-corrected chi connectivity index (χ1v) is 5.73. The van der Waals surface area contributed by atoms with Crippen LogP contribution in [-0.2, 0) is 0 Å². The number of ether oxygens (including phenoxy) is 1. The Bertz CT molecular complexity index is 429. The number of rotatable bonds is 6. The van der Waals surface area contributed by atoms with Crippen LogP contribution in [0.15, 0.2) is 18.2 Å². The number of hydrogen-bond acceptors (Lipinski definition) is 3. The second-order valence-electron chi connectivity index (χ2n) is 3.31. The molecule has 0 saturated carbocycles. The normalized spacial score (nSPS) is 10.0. The molecule has 0 atom stereocenters. The lowest BCUT2D eigenvalue weighted by Crippen LogP contribution is -2.07. The van der Waals surface area contributed by atoms with Crippen LogP contribution in [0, 0.1) is 0 Å². The third-order valence-electron chi connectivity index (χ3n) is 2.15. The minimum Gasteiger partial charge on any atom is -0.493 e. The number of halogens is 1. The summed E-state index contributed by atoms with van der Waals surface area (Å²) in [6.07, 6.45) is 0.157. The van der Waals surface area contributed by atoms with Crippen molar-refractivity contribution in [2.45, 2.75) is 13.3 Å². The molecule has 0 aliphatic rings. The summed E-state index contributed by atoms with van der Waals surface area (Å²) in [4.78, 5) is 22.6. The van der Waals surface area contributed by atoms with E-state index < -0.39 is 5.97 Å². The summed E-state index contributed by atoms with van der Waals surface area (Å²) in [6.45, 7) is 2.20. The van der Waals surface area contributed by atoms with Gasteiger partial charge in [0.25, 0.3) is 0 Å². The van der Waals surface area contributed by atoms with E-state index in [0.29, 0.717) is 12.4 Å². The Balaban J connectivity index is 3.15. The molecule has 1 rings (SSSR count). The van der Waals surface area contributed by atoms with E-state index >= 15 is 0 Å². The van der Waals surface area contributed by atoms with Crippen LogP contribution in [0.25, 0.3) is 0 Å². The fourth-order valence-electron chi connectivity index (χ4n) is 1.38. The van der Waals surface area contributed by atoms with Crippen molar-refractivity contribution in [2.24, 2.45) is 0 Å². The second-order valence-corrected chi connectivity index (χ2v) is 3.69. The van der Waals surface area contributed by atoms with Gasteiger partial charge in [-0.25, -0.2) is 4.79 Å². The molecule has 1 N–H and O–H groups in total. The molecule has 0 fully saturated rings. The van der Waals surface area contributed by atoms with Crippen molar-refractivity contribution in [2.75, 3.05) is 12.5 Å². The summed E-state index contributed by atoms with van der Waals surface area (Å²) < 4.78 is 5.28. The van der Waals surface area contributed by atoms with Gasteiger partial charge in [-0.05, 0) is 25.1 Å². The van der Waals surface area contributed by atoms with Gasteiger partial charge in [0.2, 0.25) is 0 Å². The van der Waals surface area contributed by atoms with Crippen molar-refractivity contribution in [1.82, 2.24) is 0 Å². The zero-order valence-corrected chi connectivity index (χ0v) is 10.2. The highest BCUT2D eigenvalue weighted by atomic mass is 35.5. The van der Waals surface area contributed by atoms with Crippen LogP contribution < -0.4 is 4.74 Å². The molecule has 0 saturated heterocycles. The molecule has 0 radical (unpaired) electrons. The van der Waals surface area contributed by atoms with Crippen molar-refractivity contribution in [3.8, 4) is 5.75 Å². The number of carbonyl (C=O) groups excluding carboxylic acids is 1. The van der Waals surface area contributed by atoms with Gasteiger partial charge in [0, 0.05) is 12.3 Å². The van der Waals surface area contributed by atoms with Crippen molar-refractivity contribution in [3.05, 3.63) is 29.3 Å². The fraction of sp³-hybridized carbons (Fsp3) is 0.333. The van der Waals surface area contributed by atoms with E-state index in [4.69, 9.17) is 21.4 Å². The van der Waals surface area contributed by atoms with Crippen LogP contribution in [0.1, 0.15) is 34.1 Å². The maximum Gasteiger partial charge on any atom is 0.335 e. The third kappa shape index (κ3) is 3.46. The Morgan fingerprint density at radius 2 is 2.12 bits per heavy atom. The van der Waals surface area contributed by atoms with E-state index in [0.717, 1.165) is 0 Å². The van der Waals surface area contributed by atoms with Gasteiger partial charge in [-0.3, -0.25) is 4.79 Å². The quantitative estimate of drug-likeness (QED) is 0.628. The monoisotopic (exact) mass is 256 g/mol. The zero-order chi connectivity index (χ0) is 12.8. The molecule has 0 aliphatic heterocycles. The number of Topliss-reactive ketones (excluding diaryl/α,β-unsaturated/α-hetero) is 1. The third-order valence-corrected chi connectivity index (χ3v) is 2.34. The highest BCUT2D eigenvalue weighted by Gasteiger charge is 2.15. The molecule has 4 nitrogen and oxygen atoms in total. The van der Waals surface area contributed by atoms with E-state index in [1.165, 1.54) is 18.2 Å². The van der Waals surface area contributed by atoms with Crippen LogP contribution in [0.5, 0.6) is 5.75 Å². The molecule has 0 heterocycles. The van der Waals surface area contributed by atoms with Crippen LogP contribution in [-0.4, -0.2) is 29.3 Å². The van der Waals surface area contributed by atoms with Gasteiger partial charge < -0.3 is 9.84 Å². The number of ketones is 1. The fourth-order valence-corrected chi connectivity index (χ4v) is 1.55. The lowest BCUT2D eigenvalue weighted by molar-refractivity contribution is 0.0697. The summed E-state index contributed by atoms with van der Waals surface area (Å²) in [6, 6.07) is 4.22. The summed E-state index contributed by atoms with van der Waals surface area (Å²) in [5.74, 6) is -0.700. The van der Waals surface area contributed by atoms with Crippen molar-refractivity contribution >= 4 is 23.4 Å². The predicted octanol–water partition coefficient (Wildman–Crippen LogP) is 2.60. The van der Waals surface area contributed by atoms with Crippen molar-refractivity contribution in [3.63, 3.8) is 0 Å². The van der Waals surface area contributed by atoms with Crippen LogP contribution in [0.4, 0.5) is 0 Å². The van der Waals surface area contributed by atoms with E-state index in [1.54, 1.807) is 6.92 Å². The summed E-state index contributed by atoms with van der Waals surface area (Å²) in [7, 11) is 0. The van der Waals surface area contributed by atoms with Gasteiger partial charge in [0.1, 0.15) is 5.75 Å². The average Bonchev–Trinajstić information content (AvgIpc) is 2.30. The summed E-state index contributed by atoms with van der Waals surface area (Å²) in [5, 5.41) is 8.86. The topological polar surface area (TPSA) is 63.6 Å². The maximum absolute atomic E-state index is 11.8. The Kier molecular flexibility index (Phi) is 4.97. The number of carboxylic acid groups (broad SMARTS) is 1. The average molecular weight is 257 g/mol. The lowest BCUT2D eigenvalue weighted by atomic mass is 10.0. The van der Waals surface area contributed by atoms with E-state index in [1.807, 2.05) is 0 Å². The largest absolute Gasteiger partial charge is 0.493 e. The number of carboxylic acids is 1. The number of hydrogen-bond donors (Lipinski definition) is 1. The highest BCUT2D eigenvalue weighted by molar-refractivity contribution is 6.19. The number of carbonyl (C=O) groups is 2. The lowest BCUT2D eigenvalue weighted by Gasteiger charge is -2.09. The van der Waals surface area contributed by atoms with Gasteiger partial charge in [-0.1, -0.05) is 0 Å². The number of aromatic carboxylic acids is 1. The molecule has 0 aliphatic carbocycles. The molecule has 0 amide bonds. The van der Waals surface area contributed by atoms with Crippen LogP contribution in [0.2, 0.25) is 0 Å². The molecular formula is C12H13ClO4. The Morgan fingerprint density at radius 1 is 1.41 bits per heavy atom. The minimum absolute atomic E-state index is 0.0615. The zero-order valence-electron chi connectivity index (χ0n) is 9.40. The summed E-state index contributed by atoms with van der Waals surface area (Å²) >= 11 is 5.50. The smallest absolute Gasteiger partial charge is 0.335 e. The van der Waals surface area contributed by atoms with Crippen LogP contribution >= 0.6 is 11.6 Å². The molecule has 1 aromatic carbocycles. The summed E-state index contributed by atoms with van der Waals surface area (Å²) in [5.41, 5.74) is 0.332. The van der Waals surface area contributed by atoms with Crippen molar-refractivity contribution < 1.29 is 19.4 Å². The molecule has 0 aromatic heterocycles. The molecule has 92 valence electrons. The first-order chi connectivity index (χ1) is 8.10. The minimum atomic E-state index is -1.08. The van der Waals surface area contributed by atoms with Gasteiger partial charge in [0.05, 0.1) is 17.7 Å². The Hall–Kier alpha value is -1.55. The van der Waals surface area contributed by atoms with E-state index in [2.05, 4.69) is 0 Å². The first kappa shape index (κ1) is 13.5. The second kappa shape index (κ2) is 6.25. The standard InChI is InChI=1S/C12H13ClO4/c1-2-17-11-4-3-8(12(15)16)7-9(11)10(14)5-6-13/h3-4,7H,2,5-6H2,1H3,(H,15,16). The first-order valence-electron chi connectivity index (χ1n) is 5.19. The van der Waals surface area contributed by atoms with E-state index in [9.17, 15) is 9.59 Å². The number of benzene rings is 1. The van der Waals surface area contributed by atoms with Gasteiger partial charge in [-0.15, -0.1) is 11.6 Å². The van der Waals surface area contributed by atoms with Gasteiger partial charge >= 0.3 is 5.97 Å². The Morgan fingerprint density at radius 3 is 2.65 bits per heavy atom. The highest BCUT2D eigenvalue weighted by Crippen LogP contribution is 2.22. The maximum atomic E-state index is 11.8. The molecular weight excluding hydrogens is 244 g/mol. The van der Waals surface area contributed by atoms with Crippen molar-refractivity contribution in [1.29, 1.82) is 0 Å². The van der Waals surface area contributed by atoms with Gasteiger partial charge in [-0.2, -0.15) is 0 Å². The van der Waals surface area contributed by atoms with Crippen LogP contribution in [0.3, 0.4) is 0 Å². The molecule has 17 heavy (non-hydrogen) atoms. The predicted molar refractivity (Wildman–Crippen MR) is 64.2 cm³/mol.